The fourth-order valence-corrected chi connectivity index (χ4v) is 4.42. The first-order valence-electron chi connectivity index (χ1n) is 10.5. The van der Waals surface area contributed by atoms with Crippen LogP contribution in [0.2, 0.25) is 0 Å². The molecule has 1 saturated heterocycles. The molecule has 4 rings (SSSR count). The molecule has 0 amide bonds. The van der Waals surface area contributed by atoms with Crippen LogP contribution in [0.15, 0.2) is 36.0 Å². The molecule has 1 aromatic heterocycles. The van der Waals surface area contributed by atoms with Gasteiger partial charge in [-0.2, -0.15) is 0 Å². The summed E-state index contributed by atoms with van der Waals surface area (Å²) in [6.07, 6.45) is 0.927. The first kappa shape index (κ1) is 21.8. The van der Waals surface area contributed by atoms with Gasteiger partial charge in [-0.15, -0.1) is 0 Å². The number of Topliss-reactive ketones (excluding diaryl/α,β-unsaturated/α-hetero) is 1. The van der Waals surface area contributed by atoms with Gasteiger partial charge in [0, 0.05) is 62.7 Å². The van der Waals surface area contributed by atoms with Crippen LogP contribution in [-0.2, 0) is 7.05 Å². The van der Waals surface area contributed by atoms with E-state index in [1.165, 1.54) is 30.3 Å². The number of nitro benzene ring substituents is 1. The second-order valence-electron chi connectivity index (χ2n) is 8.31. The van der Waals surface area contributed by atoms with Gasteiger partial charge >= 0.3 is 0 Å². The zero-order valence-corrected chi connectivity index (χ0v) is 18.6. The Balaban J connectivity index is 1.67. The van der Waals surface area contributed by atoms with Crippen LogP contribution in [0, 0.1) is 17.0 Å². The van der Waals surface area contributed by atoms with E-state index in [0.717, 1.165) is 18.8 Å². The van der Waals surface area contributed by atoms with Crippen molar-refractivity contribution in [1.29, 1.82) is 0 Å². The van der Waals surface area contributed by atoms with E-state index in [2.05, 4.69) is 4.90 Å². The third-order valence-corrected chi connectivity index (χ3v) is 6.31. The van der Waals surface area contributed by atoms with E-state index in [1.54, 1.807) is 11.6 Å². The van der Waals surface area contributed by atoms with Crippen LogP contribution in [0.1, 0.15) is 45.1 Å². The minimum Gasteiger partial charge on any atom is -0.486 e. The van der Waals surface area contributed by atoms with E-state index in [9.17, 15) is 19.7 Å². The number of aromatic nitrogens is 1. The minimum atomic E-state index is -0.532. The van der Waals surface area contributed by atoms with Gasteiger partial charge in [0.1, 0.15) is 17.5 Å². The largest absolute Gasteiger partial charge is 0.486 e. The lowest BCUT2D eigenvalue weighted by atomic mass is 9.92. The summed E-state index contributed by atoms with van der Waals surface area (Å²) in [6.45, 7) is 6.70. The number of carbonyl (C=O) groups is 2. The number of carbonyl (C=O) groups excluding carboxylic acids is 2. The summed E-state index contributed by atoms with van der Waals surface area (Å²) >= 11 is 0. The molecule has 1 aliphatic heterocycles. The monoisotopic (exact) mass is 438 g/mol. The molecule has 0 saturated carbocycles. The average molecular weight is 438 g/mol. The number of nitro groups is 1. The molecule has 2 heterocycles. The Bertz CT molecular complexity index is 1120. The fourth-order valence-electron chi connectivity index (χ4n) is 4.42. The van der Waals surface area contributed by atoms with E-state index >= 15 is 0 Å². The molecule has 32 heavy (non-hydrogen) atoms. The molecule has 1 aliphatic carbocycles. The van der Waals surface area contributed by atoms with Gasteiger partial charge in [-0.05, 0) is 33.0 Å². The maximum atomic E-state index is 13.6. The van der Waals surface area contributed by atoms with Crippen molar-refractivity contribution in [3.05, 3.63) is 68.7 Å². The summed E-state index contributed by atoms with van der Waals surface area (Å²) in [5, 5.41) is 10.9. The summed E-state index contributed by atoms with van der Waals surface area (Å²) in [5.41, 5.74) is 2.62. The molecule has 9 heteroatoms. The summed E-state index contributed by atoms with van der Waals surface area (Å²) in [6, 6.07) is 5.81. The Labute approximate surface area is 186 Å². The first-order chi connectivity index (χ1) is 15.2. The summed E-state index contributed by atoms with van der Waals surface area (Å²) in [4.78, 5) is 41.2. The highest BCUT2D eigenvalue weighted by atomic mass is 16.6. The highest BCUT2D eigenvalue weighted by Gasteiger charge is 2.37. The number of rotatable bonds is 5. The lowest BCUT2D eigenvalue weighted by Gasteiger charge is -2.35. The number of fused-ring (bicyclic) bond motifs is 1. The number of ketones is 2. The highest BCUT2D eigenvalue weighted by molar-refractivity contribution is 6.24. The smallest absolute Gasteiger partial charge is 0.269 e. The number of ether oxygens (including phenoxy) is 1. The molecule has 1 unspecified atom stereocenters. The maximum absolute atomic E-state index is 13.6. The minimum absolute atomic E-state index is 0.0268. The zero-order valence-electron chi connectivity index (χ0n) is 18.6. The molecule has 0 N–H and O–H groups in total. The summed E-state index contributed by atoms with van der Waals surface area (Å²) in [5.74, 6) is 0.0967. The molecule has 1 fully saturated rings. The van der Waals surface area contributed by atoms with Gasteiger partial charge in [-0.3, -0.25) is 19.7 Å². The van der Waals surface area contributed by atoms with Crippen molar-refractivity contribution in [2.45, 2.75) is 20.0 Å². The number of piperazine rings is 1. The number of likely N-dealkylation sites (N-methyl/N-ethyl adjacent to an activating group) is 1. The molecule has 168 valence electrons. The lowest BCUT2D eigenvalue weighted by molar-refractivity contribution is -0.384. The maximum Gasteiger partial charge on any atom is 0.269 e. The Hall–Kier alpha value is -3.46. The van der Waals surface area contributed by atoms with Crippen LogP contribution < -0.4 is 4.74 Å². The predicted molar refractivity (Wildman–Crippen MR) is 118 cm³/mol. The Morgan fingerprint density at radius 2 is 1.69 bits per heavy atom. The lowest BCUT2D eigenvalue weighted by Crippen LogP contribution is -2.46. The van der Waals surface area contributed by atoms with E-state index in [0.29, 0.717) is 41.4 Å². The normalized spacial score (nSPS) is 17.8. The number of hydrogen-bond donors (Lipinski definition) is 0. The van der Waals surface area contributed by atoms with Crippen LogP contribution in [0.25, 0.3) is 0 Å². The summed E-state index contributed by atoms with van der Waals surface area (Å²) < 4.78 is 7.78. The third kappa shape index (κ3) is 3.69. The molecular formula is C23H26N4O5. The fraction of sp³-hybridized carbons (Fsp3) is 0.391. The predicted octanol–water partition coefficient (Wildman–Crippen LogP) is 2.89. The van der Waals surface area contributed by atoms with Crippen molar-refractivity contribution < 1.29 is 19.2 Å². The van der Waals surface area contributed by atoms with Crippen LogP contribution >= 0.6 is 0 Å². The van der Waals surface area contributed by atoms with Gasteiger partial charge < -0.3 is 19.1 Å². The van der Waals surface area contributed by atoms with Crippen LogP contribution in [0.3, 0.4) is 0 Å². The van der Waals surface area contributed by atoms with E-state index in [4.69, 9.17) is 4.74 Å². The average Bonchev–Trinajstić information content (AvgIpc) is 3.03. The number of allylic oxidation sites excluding steroid dienone is 2. The Morgan fingerprint density at radius 3 is 2.28 bits per heavy atom. The van der Waals surface area contributed by atoms with Crippen molar-refractivity contribution >= 4 is 17.3 Å². The Kier molecular flexibility index (Phi) is 5.60. The van der Waals surface area contributed by atoms with Crippen LogP contribution in [0.4, 0.5) is 5.69 Å². The quantitative estimate of drug-likeness (QED) is 0.523. The molecule has 0 radical (unpaired) electrons. The van der Waals surface area contributed by atoms with Gasteiger partial charge in [0.05, 0.1) is 16.2 Å². The Morgan fingerprint density at radius 1 is 1.06 bits per heavy atom. The van der Waals surface area contributed by atoms with Gasteiger partial charge in [0.15, 0.2) is 0 Å². The second kappa shape index (κ2) is 8.23. The third-order valence-electron chi connectivity index (χ3n) is 6.31. The van der Waals surface area contributed by atoms with Crippen molar-refractivity contribution in [2.24, 2.45) is 7.05 Å². The van der Waals surface area contributed by atoms with Crippen LogP contribution in [-0.4, -0.2) is 64.1 Å². The van der Waals surface area contributed by atoms with Crippen LogP contribution in [0.5, 0.6) is 5.75 Å². The molecule has 1 atom stereocenters. The summed E-state index contributed by atoms with van der Waals surface area (Å²) in [7, 11) is 3.81. The van der Waals surface area contributed by atoms with E-state index in [1.807, 2.05) is 25.8 Å². The van der Waals surface area contributed by atoms with E-state index < -0.39 is 11.0 Å². The van der Waals surface area contributed by atoms with Crippen molar-refractivity contribution in [2.75, 3.05) is 33.2 Å². The number of nitrogens with zero attached hydrogens (tertiary/aromatic N) is 4. The van der Waals surface area contributed by atoms with Gasteiger partial charge in [-0.25, -0.2) is 0 Å². The SMILES string of the molecule is Cc1c(C(C)Oc2ccc([N+](=O)[O-])cc2)c2c(n1C)C(=O)C=C(N1CCN(C)CC1)C2=O. The van der Waals surface area contributed by atoms with Crippen molar-refractivity contribution in [3.8, 4) is 5.75 Å². The van der Waals surface area contributed by atoms with Gasteiger partial charge in [-0.1, -0.05) is 0 Å². The molecule has 1 aromatic carbocycles. The van der Waals surface area contributed by atoms with Crippen molar-refractivity contribution in [3.63, 3.8) is 0 Å². The first-order valence-corrected chi connectivity index (χ1v) is 10.5. The molecule has 2 aromatic rings. The van der Waals surface area contributed by atoms with E-state index in [-0.39, 0.29) is 17.3 Å². The topological polar surface area (TPSA) is 97.9 Å². The molecule has 0 spiro atoms. The standard InChI is InChI=1S/C23H26N4O5/c1-14-20(15(2)32-17-7-5-16(6-8-17)27(30)31)21-22(25(14)4)19(28)13-18(23(21)29)26-11-9-24(3)10-12-26/h5-8,13,15H,9-12H2,1-4H3. The number of non-ortho nitro benzene ring substituents is 1. The highest BCUT2D eigenvalue weighted by Crippen LogP contribution is 2.36. The number of benzene rings is 1. The molecular weight excluding hydrogens is 412 g/mol. The van der Waals surface area contributed by atoms with Crippen molar-refractivity contribution in [1.82, 2.24) is 14.4 Å². The molecule has 9 nitrogen and oxygen atoms in total. The zero-order chi connectivity index (χ0) is 23.2. The molecule has 0 bridgehead atoms. The second-order valence-corrected chi connectivity index (χ2v) is 8.31. The number of hydrogen-bond acceptors (Lipinski definition) is 7. The van der Waals surface area contributed by atoms with Gasteiger partial charge in [0.2, 0.25) is 11.6 Å². The molecule has 2 aliphatic rings. The van der Waals surface area contributed by atoms with Gasteiger partial charge in [0.25, 0.3) is 5.69 Å².